The van der Waals surface area contributed by atoms with Crippen molar-refractivity contribution < 1.29 is 0 Å². The first-order valence-electron chi connectivity index (χ1n) is 14.6. The van der Waals surface area contributed by atoms with E-state index < -0.39 is 0 Å². The van der Waals surface area contributed by atoms with Crippen LogP contribution in [0.2, 0.25) is 0 Å². The van der Waals surface area contributed by atoms with Crippen molar-refractivity contribution in [3.8, 4) is 16.8 Å². The molecule has 2 aliphatic rings. The molecule has 8 aromatic rings. The van der Waals surface area contributed by atoms with E-state index in [1.807, 2.05) is 0 Å². The van der Waals surface area contributed by atoms with E-state index in [1.54, 1.807) is 0 Å². The van der Waals surface area contributed by atoms with Gasteiger partial charge < -0.3 is 13.9 Å². The van der Waals surface area contributed by atoms with Gasteiger partial charge in [0, 0.05) is 55.4 Å². The lowest BCUT2D eigenvalue weighted by Gasteiger charge is -2.39. The van der Waals surface area contributed by atoms with E-state index in [4.69, 9.17) is 0 Å². The molecule has 42 heavy (non-hydrogen) atoms. The van der Waals surface area contributed by atoms with Crippen molar-refractivity contribution in [3.05, 3.63) is 146 Å². The molecule has 0 unspecified atom stereocenters. The Morgan fingerprint density at radius 3 is 1.88 bits per heavy atom. The maximum absolute atomic E-state index is 2.63. The first-order chi connectivity index (χ1) is 20.9. The standard InChI is InChI=1S/C38H24BN3/c1-3-13-25(14-4-1)40-34-24-12-19-28-30-21-11-20-29-27-17-7-10-23-33(27)42(36(29)30)39(35(28)34)38-37(40)31-18-8-9-22-32(31)41(38)26-15-5-2-6-16-26/h1-24H. The smallest absolute Gasteiger partial charge is 0.351 e. The molecule has 0 fully saturated rings. The monoisotopic (exact) mass is 533 g/mol. The highest BCUT2D eigenvalue weighted by atomic mass is 15.2. The molecule has 0 radical (unpaired) electrons. The minimum atomic E-state index is -0.00364. The number of rotatable bonds is 2. The number of benzene rings is 6. The summed E-state index contributed by atoms with van der Waals surface area (Å²) in [5, 5.41) is 3.87. The molecule has 0 amide bonds. The first kappa shape index (κ1) is 22.2. The Kier molecular flexibility index (Phi) is 4.26. The van der Waals surface area contributed by atoms with Crippen LogP contribution in [0.25, 0.3) is 49.5 Å². The molecule has 6 aromatic carbocycles. The van der Waals surface area contributed by atoms with Gasteiger partial charge in [-0.15, -0.1) is 0 Å². The van der Waals surface area contributed by atoms with Crippen molar-refractivity contribution in [1.82, 2.24) is 9.05 Å². The third kappa shape index (κ3) is 2.67. The van der Waals surface area contributed by atoms with Gasteiger partial charge in [0.25, 0.3) is 0 Å². The zero-order valence-corrected chi connectivity index (χ0v) is 22.8. The van der Waals surface area contributed by atoms with E-state index in [1.165, 1.54) is 77.6 Å². The van der Waals surface area contributed by atoms with Crippen molar-refractivity contribution in [2.24, 2.45) is 0 Å². The number of nitrogens with zero attached hydrogens (tertiary/aromatic N) is 3. The molecule has 2 aliphatic heterocycles. The molecule has 0 spiro atoms. The summed E-state index contributed by atoms with van der Waals surface area (Å²) >= 11 is 0. The molecule has 4 heteroatoms. The Hall–Kier alpha value is -5.48. The van der Waals surface area contributed by atoms with E-state index in [0.29, 0.717) is 0 Å². The van der Waals surface area contributed by atoms with Crippen molar-refractivity contribution >= 4 is 67.7 Å². The molecule has 10 rings (SSSR count). The van der Waals surface area contributed by atoms with Crippen LogP contribution in [0, 0.1) is 0 Å². The minimum Gasteiger partial charge on any atom is -0.374 e. The predicted molar refractivity (Wildman–Crippen MR) is 177 cm³/mol. The second-order valence-corrected chi connectivity index (χ2v) is 11.3. The lowest BCUT2D eigenvalue weighted by Crippen LogP contribution is -2.58. The van der Waals surface area contributed by atoms with Crippen LogP contribution in [-0.2, 0) is 0 Å². The Morgan fingerprint density at radius 2 is 1.07 bits per heavy atom. The number of fused-ring (bicyclic) bond motifs is 9. The van der Waals surface area contributed by atoms with Crippen molar-refractivity contribution in [3.63, 3.8) is 0 Å². The molecule has 2 aromatic heterocycles. The molecular weight excluding hydrogens is 509 g/mol. The predicted octanol–water partition coefficient (Wildman–Crippen LogP) is 8.16. The van der Waals surface area contributed by atoms with Crippen LogP contribution in [0.15, 0.2) is 146 Å². The molecule has 4 heterocycles. The number of hydrogen-bond acceptors (Lipinski definition) is 1. The molecule has 0 bridgehead atoms. The Morgan fingerprint density at radius 1 is 0.452 bits per heavy atom. The molecule has 0 aliphatic carbocycles. The fourth-order valence-electron chi connectivity index (χ4n) is 7.75. The van der Waals surface area contributed by atoms with Gasteiger partial charge in [0.05, 0.1) is 11.2 Å². The quantitative estimate of drug-likeness (QED) is 0.204. The summed E-state index contributed by atoms with van der Waals surface area (Å²) in [6.07, 6.45) is 0. The summed E-state index contributed by atoms with van der Waals surface area (Å²) in [4.78, 5) is 2.50. The highest BCUT2D eigenvalue weighted by Crippen LogP contribution is 2.47. The van der Waals surface area contributed by atoms with Crippen LogP contribution in [0.3, 0.4) is 0 Å². The second kappa shape index (κ2) is 8.05. The van der Waals surface area contributed by atoms with Crippen molar-refractivity contribution in [2.45, 2.75) is 0 Å². The van der Waals surface area contributed by atoms with Crippen LogP contribution >= 0.6 is 0 Å². The number of aromatic nitrogens is 2. The van der Waals surface area contributed by atoms with Crippen LogP contribution in [0.1, 0.15) is 0 Å². The summed E-state index contributed by atoms with van der Waals surface area (Å²) in [5.41, 5.74) is 13.9. The molecule has 3 nitrogen and oxygen atoms in total. The summed E-state index contributed by atoms with van der Waals surface area (Å²) in [5.74, 6) is 0. The lowest BCUT2D eigenvalue weighted by atomic mass is 9.47. The van der Waals surface area contributed by atoms with E-state index in [2.05, 4.69) is 160 Å². The molecular formula is C38H24BN3. The van der Waals surface area contributed by atoms with Gasteiger partial charge in [0.1, 0.15) is 0 Å². The molecule has 0 atom stereocenters. The number of para-hydroxylation sites is 5. The largest absolute Gasteiger partial charge is 0.374 e. The van der Waals surface area contributed by atoms with E-state index in [-0.39, 0.29) is 6.85 Å². The van der Waals surface area contributed by atoms with Crippen LogP contribution < -0.4 is 16.0 Å². The second-order valence-electron chi connectivity index (χ2n) is 11.3. The van der Waals surface area contributed by atoms with Crippen LogP contribution in [-0.4, -0.2) is 15.9 Å². The Balaban J connectivity index is 1.47. The number of hydrogen-bond donors (Lipinski definition) is 0. The average Bonchev–Trinajstić information content (AvgIpc) is 3.58. The Labute approximate surface area is 243 Å². The fraction of sp³-hybridized carbons (Fsp3) is 0. The van der Waals surface area contributed by atoms with E-state index >= 15 is 0 Å². The van der Waals surface area contributed by atoms with Gasteiger partial charge >= 0.3 is 6.85 Å². The van der Waals surface area contributed by atoms with Gasteiger partial charge in [-0.25, -0.2) is 0 Å². The van der Waals surface area contributed by atoms with E-state index in [9.17, 15) is 0 Å². The van der Waals surface area contributed by atoms with Crippen LogP contribution in [0.4, 0.5) is 17.1 Å². The van der Waals surface area contributed by atoms with Gasteiger partial charge in [-0.2, -0.15) is 0 Å². The highest BCUT2D eigenvalue weighted by molar-refractivity contribution is 6.90. The van der Waals surface area contributed by atoms with Crippen LogP contribution in [0.5, 0.6) is 0 Å². The molecule has 194 valence electrons. The fourth-order valence-corrected chi connectivity index (χ4v) is 7.75. The maximum atomic E-state index is 2.63. The highest BCUT2D eigenvalue weighted by Gasteiger charge is 2.45. The van der Waals surface area contributed by atoms with Gasteiger partial charge in [0.2, 0.25) is 0 Å². The zero-order valence-electron chi connectivity index (χ0n) is 22.8. The van der Waals surface area contributed by atoms with Gasteiger partial charge in [0.15, 0.2) is 0 Å². The van der Waals surface area contributed by atoms with Gasteiger partial charge in [-0.1, -0.05) is 103 Å². The zero-order chi connectivity index (χ0) is 27.4. The van der Waals surface area contributed by atoms with Crippen molar-refractivity contribution in [2.75, 3.05) is 4.90 Å². The SMILES string of the molecule is c1ccc(N2c3cccc4c3B(c3c2c2ccccc2n3-c2ccccc2)n2c3ccccc3c3cccc-4c32)cc1. The third-order valence-electron chi connectivity index (χ3n) is 9.27. The maximum Gasteiger partial charge on any atom is 0.351 e. The Bertz CT molecular complexity index is 2370. The summed E-state index contributed by atoms with van der Waals surface area (Å²) < 4.78 is 5.14. The van der Waals surface area contributed by atoms with Gasteiger partial charge in [-0.3, -0.25) is 0 Å². The number of anilines is 3. The molecule has 0 saturated carbocycles. The molecule has 0 saturated heterocycles. The summed E-state index contributed by atoms with van der Waals surface area (Å²) in [6, 6.07) is 53.2. The van der Waals surface area contributed by atoms with Gasteiger partial charge in [-0.05, 0) is 53.5 Å². The summed E-state index contributed by atoms with van der Waals surface area (Å²) in [6.45, 7) is -0.00364. The van der Waals surface area contributed by atoms with E-state index in [0.717, 1.165) is 0 Å². The third-order valence-corrected chi connectivity index (χ3v) is 9.27. The first-order valence-corrected chi connectivity index (χ1v) is 14.6. The molecule has 0 N–H and O–H groups in total. The minimum absolute atomic E-state index is 0.00364. The normalized spacial score (nSPS) is 13.1. The topological polar surface area (TPSA) is 13.1 Å². The average molecular weight is 533 g/mol. The lowest BCUT2D eigenvalue weighted by molar-refractivity contribution is 1.14. The summed E-state index contributed by atoms with van der Waals surface area (Å²) in [7, 11) is 0. The van der Waals surface area contributed by atoms with Crippen molar-refractivity contribution in [1.29, 1.82) is 0 Å².